The molecule has 0 saturated carbocycles. The first-order chi connectivity index (χ1) is 8.54. The Hall–Kier alpha value is -1.26. The molecule has 0 amide bonds. The number of thioether (sulfide) groups is 1. The molecule has 94 valence electrons. The van der Waals surface area contributed by atoms with Crippen molar-refractivity contribution >= 4 is 23.4 Å². The maximum atomic E-state index is 12.3. The van der Waals surface area contributed by atoms with Crippen molar-refractivity contribution < 1.29 is 0 Å². The molecular weight excluding hydrogens is 268 g/mol. The second-order valence-corrected chi connectivity index (χ2v) is 5.14. The summed E-state index contributed by atoms with van der Waals surface area (Å²) in [4.78, 5) is 16.8. The molecule has 0 saturated heterocycles. The Morgan fingerprint density at radius 1 is 1.22 bits per heavy atom. The molecule has 0 aliphatic rings. The van der Waals surface area contributed by atoms with Gasteiger partial charge in [-0.05, 0) is 44.4 Å². The lowest BCUT2D eigenvalue weighted by Gasteiger charge is -2.12. The molecule has 1 heterocycles. The molecule has 2 rings (SSSR count). The third-order valence-corrected chi connectivity index (χ3v) is 3.68. The summed E-state index contributed by atoms with van der Waals surface area (Å²) in [5.41, 5.74) is 2.19. The molecule has 0 N–H and O–H groups in total. The van der Waals surface area contributed by atoms with Crippen molar-refractivity contribution in [2.24, 2.45) is 0 Å². The van der Waals surface area contributed by atoms with Crippen LogP contribution >= 0.6 is 23.4 Å². The highest BCUT2D eigenvalue weighted by molar-refractivity contribution is 7.98. The normalized spacial score (nSPS) is 10.7. The summed E-state index contributed by atoms with van der Waals surface area (Å²) >= 11 is 7.31. The molecular formula is C13H13ClN2OS. The molecule has 0 aliphatic heterocycles. The second-order valence-electron chi connectivity index (χ2n) is 3.93. The van der Waals surface area contributed by atoms with E-state index in [1.807, 2.05) is 25.3 Å². The van der Waals surface area contributed by atoms with Crippen molar-refractivity contribution in [1.82, 2.24) is 9.55 Å². The Labute approximate surface area is 115 Å². The Balaban J connectivity index is 2.74. The van der Waals surface area contributed by atoms with Gasteiger partial charge in [0.05, 0.1) is 5.69 Å². The largest absolute Gasteiger partial charge is 0.269 e. The van der Waals surface area contributed by atoms with Crippen molar-refractivity contribution in [3.8, 4) is 5.69 Å². The van der Waals surface area contributed by atoms with Gasteiger partial charge in [0.15, 0.2) is 5.16 Å². The molecule has 2 aromatic rings. The van der Waals surface area contributed by atoms with Gasteiger partial charge in [-0.1, -0.05) is 23.4 Å². The summed E-state index contributed by atoms with van der Waals surface area (Å²) in [5.74, 6) is 0. The van der Waals surface area contributed by atoms with Gasteiger partial charge in [0, 0.05) is 16.3 Å². The minimum atomic E-state index is -0.0332. The molecule has 0 atom stereocenters. The Bertz CT molecular complexity index is 635. The van der Waals surface area contributed by atoms with Gasteiger partial charge in [-0.15, -0.1) is 0 Å². The van der Waals surface area contributed by atoms with Crippen LogP contribution < -0.4 is 5.56 Å². The van der Waals surface area contributed by atoms with Crippen LogP contribution in [-0.2, 0) is 0 Å². The fourth-order valence-electron chi connectivity index (χ4n) is 1.64. The topological polar surface area (TPSA) is 34.9 Å². The van der Waals surface area contributed by atoms with Gasteiger partial charge in [-0.3, -0.25) is 9.36 Å². The molecule has 0 spiro atoms. The second kappa shape index (κ2) is 5.16. The molecule has 1 aromatic heterocycles. The van der Waals surface area contributed by atoms with Gasteiger partial charge in [-0.25, -0.2) is 4.98 Å². The van der Waals surface area contributed by atoms with Gasteiger partial charge >= 0.3 is 0 Å². The van der Waals surface area contributed by atoms with E-state index in [1.165, 1.54) is 11.8 Å². The molecule has 1 aromatic carbocycles. The van der Waals surface area contributed by atoms with E-state index >= 15 is 0 Å². The van der Waals surface area contributed by atoms with Crippen LogP contribution in [0, 0.1) is 13.8 Å². The summed E-state index contributed by atoms with van der Waals surface area (Å²) in [5, 5.41) is 1.33. The fourth-order valence-corrected chi connectivity index (χ4v) is 2.37. The molecule has 5 heteroatoms. The van der Waals surface area contributed by atoms with Gasteiger partial charge in [0.2, 0.25) is 0 Å². The quantitative estimate of drug-likeness (QED) is 0.626. The van der Waals surface area contributed by atoms with E-state index in [1.54, 1.807) is 23.6 Å². The first kappa shape index (κ1) is 13.2. The van der Waals surface area contributed by atoms with Crippen LogP contribution in [0.4, 0.5) is 0 Å². The highest BCUT2D eigenvalue weighted by Crippen LogP contribution is 2.18. The third-order valence-electron chi connectivity index (χ3n) is 2.79. The van der Waals surface area contributed by atoms with Crippen LogP contribution in [0.15, 0.2) is 34.2 Å². The lowest BCUT2D eigenvalue weighted by molar-refractivity contribution is 0.768. The molecule has 0 fully saturated rings. The van der Waals surface area contributed by atoms with Crippen LogP contribution in [-0.4, -0.2) is 15.8 Å². The first-order valence-corrected chi connectivity index (χ1v) is 7.05. The Morgan fingerprint density at radius 2 is 1.83 bits per heavy atom. The standard InChI is InChI=1S/C13H13ClN2OS/c1-8-9(2)15-13(18-3)16(12(8)17)11-6-4-10(14)5-7-11/h4-7H,1-3H3. The van der Waals surface area contributed by atoms with Crippen LogP contribution in [0.5, 0.6) is 0 Å². The first-order valence-electron chi connectivity index (χ1n) is 5.44. The van der Waals surface area contributed by atoms with E-state index in [0.717, 1.165) is 11.4 Å². The summed E-state index contributed by atoms with van der Waals surface area (Å²) in [6, 6.07) is 7.17. The number of nitrogens with zero attached hydrogens (tertiary/aromatic N) is 2. The van der Waals surface area contributed by atoms with Gasteiger partial charge in [0.1, 0.15) is 0 Å². The maximum absolute atomic E-state index is 12.3. The maximum Gasteiger partial charge on any atom is 0.261 e. The lowest BCUT2D eigenvalue weighted by atomic mass is 10.2. The molecule has 0 radical (unpaired) electrons. The number of aryl methyl sites for hydroxylation is 1. The number of halogens is 1. The van der Waals surface area contributed by atoms with Gasteiger partial charge in [-0.2, -0.15) is 0 Å². The molecule has 0 bridgehead atoms. The summed E-state index contributed by atoms with van der Waals surface area (Å²) < 4.78 is 1.61. The third kappa shape index (κ3) is 2.31. The zero-order valence-electron chi connectivity index (χ0n) is 10.4. The smallest absolute Gasteiger partial charge is 0.261 e. The summed E-state index contributed by atoms with van der Waals surface area (Å²) in [7, 11) is 0. The monoisotopic (exact) mass is 280 g/mol. The van der Waals surface area contributed by atoms with Crippen molar-refractivity contribution in [3.05, 3.63) is 50.9 Å². The zero-order valence-corrected chi connectivity index (χ0v) is 12.0. The number of rotatable bonds is 2. The zero-order chi connectivity index (χ0) is 13.3. The average molecular weight is 281 g/mol. The Morgan fingerprint density at radius 3 is 2.39 bits per heavy atom. The van der Waals surface area contributed by atoms with E-state index in [2.05, 4.69) is 4.98 Å². The number of benzene rings is 1. The number of hydrogen-bond donors (Lipinski definition) is 0. The van der Waals surface area contributed by atoms with Crippen molar-refractivity contribution in [2.45, 2.75) is 19.0 Å². The van der Waals surface area contributed by atoms with E-state index in [-0.39, 0.29) is 5.56 Å². The van der Waals surface area contributed by atoms with E-state index in [4.69, 9.17) is 11.6 Å². The highest BCUT2D eigenvalue weighted by Gasteiger charge is 2.11. The number of aromatic nitrogens is 2. The van der Waals surface area contributed by atoms with Crippen LogP contribution in [0.1, 0.15) is 11.3 Å². The minimum Gasteiger partial charge on any atom is -0.269 e. The van der Waals surface area contributed by atoms with E-state index < -0.39 is 0 Å². The van der Waals surface area contributed by atoms with E-state index in [0.29, 0.717) is 15.7 Å². The predicted molar refractivity (Wildman–Crippen MR) is 76.1 cm³/mol. The summed E-state index contributed by atoms with van der Waals surface area (Å²) in [6.07, 6.45) is 1.91. The fraction of sp³-hybridized carbons (Fsp3) is 0.231. The molecule has 3 nitrogen and oxygen atoms in total. The van der Waals surface area contributed by atoms with Crippen LogP contribution in [0.2, 0.25) is 5.02 Å². The van der Waals surface area contributed by atoms with Crippen LogP contribution in [0.25, 0.3) is 5.69 Å². The SMILES string of the molecule is CSc1nc(C)c(C)c(=O)n1-c1ccc(Cl)cc1. The van der Waals surface area contributed by atoms with Gasteiger partial charge in [0.25, 0.3) is 5.56 Å². The van der Waals surface area contributed by atoms with Crippen LogP contribution in [0.3, 0.4) is 0 Å². The highest BCUT2D eigenvalue weighted by atomic mass is 35.5. The van der Waals surface area contributed by atoms with Gasteiger partial charge < -0.3 is 0 Å². The predicted octanol–water partition coefficient (Wildman–Crippen LogP) is 3.22. The van der Waals surface area contributed by atoms with Crippen molar-refractivity contribution in [2.75, 3.05) is 6.26 Å². The van der Waals surface area contributed by atoms with E-state index in [9.17, 15) is 4.79 Å². The number of hydrogen-bond acceptors (Lipinski definition) is 3. The lowest BCUT2D eigenvalue weighted by Crippen LogP contribution is -2.24. The minimum absolute atomic E-state index is 0.0332. The molecule has 0 unspecified atom stereocenters. The summed E-state index contributed by atoms with van der Waals surface area (Å²) in [6.45, 7) is 3.64. The average Bonchev–Trinajstić information content (AvgIpc) is 2.37. The van der Waals surface area contributed by atoms with Crippen molar-refractivity contribution in [1.29, 1.82) is 0 Å². The molecule has 0 aliphatic carbocycles. The van der Waals surface area contributed by atoms with Crippen molar-refractivity contribution in [3.63, 3.8) is 0 Å². The Kier molecular flexibility index (Phi) is 3.78. The molecule has 18 heavy (non-hydrogen) atoms.